The molecule has 0 unspecified atom stereocenters. The first-order valence-corrected chi connectivity index (χ1v) is 9.24. The summed E-state index contributed by atoms with van der Waals surface area (Å²) >= 11 is 0. The van der Waals surface area contributed by atoms with Crippen molar-refractivity contribution in [2.24, 2.45) is 7.05 Å². The number of benzene rings is 1. The summed E-state index contributed by atoms with van der Waals surface area (Å²) in [6.07, 6.45) is 2.18. The van der Waals surface area contributed by atoms with Crippen molar-refractivity contribution in [1.82, 2.24) is 19.7 Å². The number of carbonyl (C=O) groups is 1. The molecule has 0 radical (unpaired) electrons. The Kier molecular flexibility index (Phi) is 5.73. The number of esters is 1. The van der Waals surface area contributed by atoms with Crippen LogP contribution in [0, 0.1) is 20.8 Å². The number of anilines is 2. The van der Waals surface area contributed by atoms with Gasteiger partial charge in [-0.2, -0.15) is 5.10 Å². The van der Waals surface area contributed by atoms with Gasteiger partial charge in [0.05, 0.1) is 12.8 Å². The average Bonchev–Trinajstić information content (AvgIpc) is 3.00. The second kappa shape index (κ2) is 8.21. The quantitative estimate of drug-likeness (QED) is 0.659. The Bertz CT molecular complexity index is 993. The lowest BCUT2D eigenvalue weighted by atomic mass is 10.0. The molecule has 2 heterocycles. The van der Waals surface area contributed by atoms with Crippen molar-refractivity contribution in [3.63, 3.8) is 0 Å². The van der Waals surface area contributed by atoms with Crippen LogP contribution < -0.4 is 5.32 Å². The van der Waals surface area contributed by atoms with Crippen LogP contribution in [0.2, 0.25) is 0 Å². The second-order valence-electron chi connectivity index (χ2n) is 6.72. The maximum Gasteiger partial charge on any atom is 0.343 e. The Morgan fingerprint density at radius 2 is 1.86 bits per heavy atom. The number of aromatic nitrogens is 4. The normalized spacial score (nSPS) is 10.8. The number of hydrogen-bond donors (Lipinski definition) is 1. The molecule has 1 aromatic carbocycles. The number of aryl methyl sites for hydroxylation is 4. The van der Waals surface area contributed by atoms with E-state index in [-0.39, 0.29) is 0 Å². The van der Waals surface area contributed by atoms with Crippen LogP contribution in [0.1, 0.15) is 45.5 Å². The summed E-state index contributed by atoms with van der Waals surface area (Å²) in [6.45, 7) is 7.97. The summed E-state index contributed by atoms with van der Waals surface area (Å²) in [5.41, 5.74) is 4.63. The third kappa shape index (κ3) is 4.19. The third-order valence-electron chi connectivity index (χ3n) is 4.50. The van der Waals surface area contributed by atoms with Crippen molar-refractivity contribution in [3.05, 3.63) is 64.2 Å². The molecular weight excluding hydrogens is 354 g/mol. The zero-order valence-electron chi connectivity index (χ0n) is 16.9. The topological polar surface area (TPSA) is 81.9 Å². The van der Waals surface area contributed by atoms with Gasteiger partial charge in [0.2, 0.25) is 0 Å². The molecule has 3 aromatic rings. The monoisotopic (exact) mass is 379 g/mol. The lowest BCUT2D eigenvalue weighted by Crippen LogP contribution is -2.12. The number of nitrogens with one attached hydrogen (secondary N) is 1. The molecule has 0 spiro atoms. The fraction of sp³-hybridized carbons (Fsp3) is 0.333. The molecular formula is C21H25N5O2. The number of ether oxygens (including phenoxy) is 1. The number of nitrogens with zero attached hydrogens (tertiary/aromatic N) is 4. The Labute approximate surface area is 164 Å². The molecule has 0 saturated heterocycles. The maximum absolute atomic E-state index is 12.3. The standard InChI is InChI=1S/C21H25N5O2/c1-6-28-21(27)18-12-22-26(5)20(18)25-19-17(14(3)23-15(4)24-19)11-16-9-7-13(2)8-10-16/h7-10,12H,6,11H2,1-5H3,(H,23,24,25). The Hall–Kier alpha value is -3.22. The molecule has 7 nitrogen and oxygen atoms in total. The van der Waals surface area contributed by atoms with Crippen LogP contribution in [0.3, 0.4) is 0 Å². The SMILES string of the molecule is CCOC(=O)c1cnn(C)c1Nc1nc(C)nc(C)c1Cc1ccc(C)cc1. The van der Waals surface area contributed by atoms with Gasteiger partial charge in [0.1, 0.15) is 23.0 Å². The summed E-state index contributed by atoms with van der Waals surface area (Å²) in [5.74, 6) is 1.45. The summed E-state index contributed by atoms with van der Waals surface area (Å²) in [7, 11) is 1.77. The summed E-state index contributed by atoms with van der Waals surface area (Å²) in [5, 5.41) is 7.48. The number of rotatable bonds is 6. The van der Waals surface area contributed by atoms with Gasteiger partial charge in [-0.05, 0) is 33.3 Å². The van der Waals surface area contributed by atoms with E-state index >= 15 is 0 Å². The first-order chi connectivity index (χ1) is 13.4. The molecule has 146 valence electrons. The van der Waals surface area contributed by atoms with Crippen molar-refractivity contribution >= 4 is 17.6 Å². The van der Waals surface area contributed by atoms with E-state index in [0.29, 0.717) is 36.1 Å². The highest BCUT2D eigenvalue weighted by atomic mass is 16.5. The minimum Gasteiger partial charge on any atom is -0.462 e. The maximum atomic E-state index is 12.3. The molecule has 0 aliphatic carbocycles. The van der Waals surface area contributed by atoms with Crippen molar-refractivity contribution in [2.75, 3.05) is 11.9 Å². The van der Waals surface area contributed by atoms with E-state index in [4.69, 9.17) is 4.74 Å². The van der Waals surface area contributed by atoms with Gasteiger partial charge in [-0.1, -0.05) is 29.8 Å². The fourth-order valence-electron chi connectivity index (χ4n) is 3.02. The predicted molar refractivity (Wildman–Crippen MR) is 108 cm³/mol. The van der Waals surface area contributed by atoms with Gasteiger partial charge in [0.15, 0.2) is 0 Å². The van der Waals surface area contributed by atoms with Crippen LogP contribution >= 0.6 is 0 Å². The van der Waals surface area contributed by atoms with Crippen LogP contribution in [-0.4, -0.2) is 32.3 Å². The van der Waals surface area contributed by atoms with Gasteiger partial charge < -0.3 is 10.1 Å². The number of carbonyl (C=O) groups excluding carboxylic acids is 1. The first-order valence-electron chi connectivity index (χ1n) is 9.24. The lowest BCUT2D eigenvalue weighted by Gasteiger charge is -2.15. The fourth-order valence-corrected chi connectivity index (χ4v) is 3.02. The molecule has 1 N–H and O–H groups in total. The zero-order chi connectivity index (χ0) is 20.3. The highest BCUT2D eigenvalue weighted by Crippen LogP contribution is 2.26. The summed E-state index contributed by atoms with van der Waals surface area (Å²) in [4.78, 5) is 21.4. The van der Waals surface area contributed by atoms with Crippen molar-refractivity contribution in [1.29, 1.82) is 0 Å². The minimum absolute atomic E-state index is 0.303. The summed E-state index contributed by atoms with van der Waals surface area (Å²) < 4.78 is 6.74. The van der Waals surface area contributed by atoms with Crippen LogP contribution in [0.15, 0.2) is 30.5 Å². The molecule has 0 bridgehead atoms. The Morgan fingerprint density at radius 1 is 1.14 bits per heavy atom. The number of hydrogen-bond acceptors (Lipinski definition) is 6. The van der Waals surface area contributed by atoms with Crippen molar-refractivity contribution in [2.45, 2.75) is 34.1 Å². The molecule has 0 saturated carbocycles. The van der Waals surface area contributed by atoms with Gasteiger partial charge in [-0.25, -0.2) is 14.8 Å². The predicted octanol–water partition coefficient (Wildman–Crippen LogP) is 3.65. The first kappa shape index (κ1) is 19.5. The van der Waals surface area contributed by atoms with Gasteiger partial charge in [0.25, 0.3) is 0 Å². The van der Waals surface area contributed by atoms with E-state index < -0.39 is 5.97 Å². The molecule has 0 aliphatic rings. The molecule has 0 aliphatic heterocycles. The molecule has 7 heteroatoms. The van der Waals surface area contributed by atoms with E-state index in [1.54, 1.807) is 18.7 Å². The summed E-state index contributed by atoms with van der Waals surface area (Å²) in [6, 6.07) is 8.39. The molecule has 0 fully saturated rings. The van der Waals surface area contributed by atoms with Crippen molar-refractivity contribution in [3.8, 4) is 0 Å². The highest BCUT2D eigenvalue weighted by Gasteiger charge is 2.20. The average molecular weight is 379 g/mol. The second-order valence-corrected chi connectivity index (χ2v) is 6.72. The van der Waals surface area contributed by atoms with Crippen LogP contribution in [0.4, 0.5) is 11.6 Å². The van der Waals surface area contributed by atoms with E-state index in [0.717, 1.165) is 11.3 Å². The third-order valence-corrected chi connectivity index (χ3v) is 4.50. The largest absolute Gasteiger partial charge is 0.462 e. The van der Waals surface area contributed by atoms with E-state index in [2.05, 4.69) is 51.6 Å². The van der Waals surface area contributed by atoms with Gasteiger partial charge in [0, 0.05) is 24.7 Å². The molecule has 0 atom stereocenters. The van der Waals surface area contributed by atoms with E-state index in [9.17, 15) is 4.79 Å². The van der Waals surface area contributed by atoms with E-state index in [1.807, 2.05) is 13.8 Å². The minimum atomic E-state index is -0.416. The van der Waals surface area contributed by atoms with Gasteiger partial charge in [-0.3, -0.25) is 4.68 Å². The molecule has 2 aromatic heterocycles. The van der Waals surface area contributed by atoms with Crippen molar-refractivity contribution < 1.29 is 9.53 Å². The van der Waals surface area contributed by atoms with Gasteiger partial charge in [-0.15, -0.1) is 0 Å². The highest BCUT2D eigenvalue weighted by molar-refractivity contribution is 5.95. The zero-order valence-corrected chi connectivity index (χ0v) is 16.9. The Balaban J connectivity index is 2.00. The van der Waals surface area contributed by atoms with E-state index in [1.165, 1.54) is 17.3 Å². The Morgan fingerprint density at radius 3 is 2.54 bits per heavy atom. The van der Waals surface area contributed by atoms with Crippen LogP contribution in [0.5, 0.6) is 0 Å². The van der Waals surface area contributed by atoms with Crippen LogP contribution in [-0.2, 0) is 18.2 Å². The molecule has 28 heavy (non-hydrogen) atoms. The molecule has 3 rings (SSSR count). The molecule has 0 amide bonds. The smallest absolute Gasteiger partial charge is 0.343 e. The van der Waals surface area contributed by atoms with Crippen LogP contribution in [0.25, 0.3) is 0 Å². The lowest BCUT2D eigenvalue weighted by molar-refractivity contribution is 0.0527. The van der Waals surface area contributed by atoms with Gasteiger partial charge >= 0.3 is 5.97 Å².